The summed E-state index contributed by atoms with van der Waals surface area (Å²) in [6.07, 6.45) is -0.720. The van der Waals surface area contributed by atoms with Crippen molar-refractivity contribution in [3.63, 3.8) is 0 Å². The van der Waals surface area contributed by atoms with E-state index in [0.29, 0.717) is 24.6 Å². The van der Waals surface area contributed by atoms with Gasteiger partial charge in [-0.2, -0.15) is 4.52 Å². The molecule has 6 nitrogen and oxygen atoms in total. The molecule has 0 spiro atoms. The van der Waals surface area contributed by atoms with E-state index in [1.807, 2.05) is 0 Å². The third-order valence-corrected chi connectivity index (χ3v) is 2.73. The van der Waals surface area contributed by atoms with Crippen molar-refractivity contribution in [1.82, 2.24) is 19.8 Å². The molecule has 3 rings (SSSR count). The van der Waals surface area contributed by atoms with Crippen LogP contribution in [0.3, 0.4) is 0 Å². The lowest BCUT2D eigenvalue weighted by molar-refractivity contribution is 0.0754. The number of hydroxylamine groups is 1. The van der Waals surface area contributed by atoms with Crippen LogP contribution in [0.4, 0.5) is 14.6 Å². The van der Waals surface area contributed by atoms with Crippen LogP contribution in [0.15, 0.2) is 12.1 Å². The molecule has 0 aliphatic carbocycles. The number of aromatic nitrogens is 4. The van der Waals surface area contributed by atoms with E-state index >= 15 is 0 Å². The summed E-state index contributed by atoms with van der Waals surface area (Å²) in [5.41, 5.74) is 0.297. The van der Waals surface area contributed by atoms with Crippen LogP contribution < -0.4 is 5.06 Å². The van der Waals surface area contributed by atoms with Crippen LogP contribution in [0.5, 0.6) is 0 Å². The summed E-state index contributed by atoms with van der Waals surface area (Å²) >= 11 is 0. The Labute approximate surface area is 101 Å². The van der Waals surface area contributed by atoms with Crippen molar-refractivity contribution in [3.8, 4) is 0 Å². The Kier molecular flexibility index (Phi) is 2.78. The summed E-state index contributed by atoms with van der Waals surface area (Å²) in [5.74, 6) is 0.0350. The number of halogens is 2. The average molecular weight is 255 g/mol. The highest BCUT2D eigenvalue weighted by Crippen LogP contribution is 2.20. The number of nitrogens with zero attached hydrogens (tertiary/aromatic N) is 5. The van der Waals surface area contributed by atoms with Gasteiger partial charge in [-0.3, -0.25) is 4.84 Å². The quantitative estimate of drug-likeness (QED) is 0.815. The summed E-state index contributed by atoms with van der Waals surface area (Å²) < 4.78 is 26.4. The molecule has 0 unspecified atom stereocenters. The minimum Gasteiger partial charge on any atom is -0.272 e. The van der Waals surface area contributed by atoms with Crippen molar-refractivity contribution in [1.29, 1.82) is 0 Å². The highest BCUT2D eigenvalue weighted by molar-refractivity contribution is 5.44. The van der Waals surface area contributed by atoms with Gasteiger partial charge in [0.05, 0.1) is 6.61 Å². The van der Waals surface area contributed by atoms with Gasteiger partial charge in [-0.05, 0) is 25.0 Å². The Morgan fingerprint density at radius 3 is 2.83 bits per heavy atom. The lowest BCUT2D eigenvalue weighted by atomic mass is 10.3. The molecule has 96 valence electrons. The van der Waals surface area contributed by atoms with Crippen LogP contribution in [-0.2, 0) is 4.84 Å². The van der Waals surface area contributed by atoms with Crippen LogP contribution in [0.2, 0.25) is 0 Å². The third kappa shape index (κ3) is 1.88. The summed E-state index contributed by atoms with van der Waals surface area (Å²) in [6, 6.07) is 3.28. The second-order valence-corrected chi connectivity index (χ2v) is 3.96. The van der Waals surface area contributed by atoms with Crippen LogP contribution in [0, 0.1) is 0 Å². The third-order valence-electron chi connectivity index (χ3n) is 2.73. The zero-order valence-electron chi connectivity index (χ0n) is 9.46. The number of fused-ring (bicyclic) bond motifs is 1. The van der Waals surface area contributed by atoms with Gasteiger partial charge in [0, 0.05) is 6.54 Å². The molecular weight excluding hydrogens is 244 g/mol. The molecule has 0 saturated carbocycles. The molecule has 1 aliphatic heterocycles. The Morgan fingerprint density at radius 2 is 2.11 bits per heavy atom. The largest absolute Gasteiger partial charge is 0.299 e. The van der Waals surface area contributed by atoms with E-state index in [9.17, 15) is 8.78 Å². The maximum atomic E-state index is 12.7. The minimum atomic E-state index is -2.70. The number of hydrogen-bond donors (Lipinski definition) is 0. The summed E-state index contributed by atoms with van der Waals surface area (Å²) in [4.78, 5) is 5.42. The molecule has 0 atom stereocenters. The van der Waals surface area contributed by atoms with Crippen LogP contribution in [-0.4, -0.2) is 33.0 Å². The second kappa shape index (κ2) is 4.45. The maximum absolute atomic E-state index is 12.7. The smallest absolute Gasteiger partial charge is 0.272 e. The molecule has 18 heavy (non-hydrogen) atoms. The topological polar surface area (TPSA) is 55.5 Å². The molecule has 1 aliphatic rings. The maximum Gasteiger partial charge on any atom is 0.299 e. The zero-order chi connectivity index (χ0) is 12.5. The van der Waals surface area contributed by atoms with Gasteiger partial charge in [0.2, 0.25) is 5.82 Å². The lowest BCUT2D eigenvalue weighted by Gasteiger charge is -2.26. The molecule has 1 fully saturated rings. The van der Waals surface area contributed by atoms with Crippen LogP contribution >= 0.6 is 0 Å². The van der Waals surface area contributed by atoms with Crippen molar-refractivity contribution in [2.45, 2.75) is 19.3 Å². The molecule has 3 heterocycles. The van der Waals surface area contributed by atoms with Crippen LogP contribution in [0.1, 0.15) is 25.1 Å². The Morgan fingerprint density at radius 1 is 1.22 bits per heavy atom. The first kappa shape index (κ1) is 11.3. The van der Waals surface area contributed by atoms with Gasteiger partial charge in [0.1, 0.15) is 0 Å². The average Bonchev–Trinajstić information content (AvgIpc) is 2.82. The van der Waals surface area contributed by atoms with Gasteiger partial charge in [-0.25, -0.2) is 13.8 Å². The molecule has 2 aromatic rings. The molecule has 8 heteroatoms. The van der Waals surface area contributed by atoms with E-state index in [0.717, 1.165) is 17.4 Å². The second-order valence-electron chi connectivity index (χ2n) is 3.96. The van der Waals surface area contributed by atoms with Gasteiger partial charge in [-0.15, -0.1) is 15.3 Å². The van der Waals surface area contributed by atoms with Gasteiger partial charge >= 0.3 is 0 Å². The van der Waals surface area contributed by atoms with Gasteiger partial charge in [-0.1, -0.05) is 0 Å². The van der Waals surface area contributed by atoms with E-state index in [-0.39, 0.29) is 0 Å². The fraction of sp³-hybridized carbons (Fsp3) is 0.500. The van der Waals surface area contributed by atoms with Gasteiger partial charge in [0.25, 0.3) is 6.43 Å². The molecule has 0 amide bonds. The van der Waals surface area contributed by atoms with Gasteiger partial charge < -0.3 is 0 Å². The Hall–Kier alpha value is -1.83. The predicted octanol–water partition coefficient (Wildman–Crippen LogP) is 1.59. The van der Waals surface area contributed by atoms with Gasteiger partial charge in [0.15, 0.2) is 11.5 Å². The highest BCUT2D eigenvalue weighted by atomic mass is 19.3. The van der Waals surface area contributed by atoms with E-state index in [1.54, 1.807) is 17.2 Å². The lowest BCUT2D eigenvalue weighted by Crippen LogP contribution is -2.31. The predicted molar refractivity (Wildman–Crippen MR) is 58.3 cm³/mol. The SMILES string of the molecule is FC(F)c1nnc2ccc(N3CCCCO3)nn12. The Bertz CT molecular complexity index is 552. The fourth-order valence-electron chi connectivity index (χ4n) is 1.84. The van der Waals surface area contributed by atoms with E-state index in [4.69, 9.17) is 4.84 Å². The monoisotopic (exact) mass is 255 g/mol. The fourth-order valence-corrected chi connectivity index (χ4v) is 1.84. The number of alkyl halides is 2. The van der Waals surface area contributed by atoms with Crippen molar-refractivity contribution < 1.29 is 13.6 Å². The molecule has 0 bridgehead atoms. The summed E-state index contributed by atoms with van der Waals surface area (Å²) in [5, 5.41) is 12.8. The molecule has 1 saturated heterocycles. The first-order chi connectivity index (χ1) is 8.75. The van der Waals surface area contributed by atoms with Crippen molar-refractivity contribution in [3.05, 3.63) is 18.0 Å². The molecule has 0 aromatic carbocycles. The first-order valence-electron chi connectivity index (χ1n) is 5.66. The number of rotatable bonds is 2. The molecular formula is C10H11F2N5O. The van der Waals surface area contributed by atoms with Crippen molar-refractivity contribution >= 4 is 11.5 Å². The number of anilines is 1. The van der Waals surface area contributed by atoms with Crippen LogP contribution in [0.25, 0.3) is 5.65 Å². The van der Waals surface area contributed by atoms with Crippen molar-refractivity contribution in [2.75, 3.05) is 18.2 Å². The minimum absolute atomic E-state index is 0.297. The van der Waals surface area contributed by atoms with E-state index in [1.165, 1.54) is 0 Å². The standard InChI is InChI=1S/C10H11F2N5O/c11-9(12)10-14-13-7-3-4-8(15-17(7)10)16-5-1-2-6-18-16/h3-4,9H,1-2,5-6H2. The highest BCUT2D eigenvalue weighted by Gasteiger charge is 2.19. The van der Waals surface area contributed by atoms with E-state index in [2.05, 4.69) is 15.3 Å². The molecule has 2 aromatic heterocycles. The zero-order valence-corrected chi connectivity index (χ0v) is 9.46. The molecule has 0 radical (unpaired) electrons. The molecule has 0 N–H and O–H groups in total. The summed E-state index contributed by atoms with van der Waals surface area (Å²) in [6.45, 7) is 1.31. The van der Waals surface area contributed by atoms with E-state index < -0.39 is 12.2 Å². The number of hydrogen-bond acceptors (Lipinski definition) is 5. The Balaban J connectivity index is 2.00. The normalized spacial score (nSPS) is 16.7. The first-order valence-corrected chi connectivity index (χ1v) is 5.66. The summed E-state index contributed by atoms with van der Waals surface area (Å²) in [7, 11) is 0. The van der Waals surface area contributed by atoms with Crippen molar-refractivity contribution in [2.24, 2.45) is 0 Å².